The highest BCUT2D eigenvalue weighted by Gasteiger charge is 2.18. The van der Waals surface area contributed by atoms with E-state index in [4.69, 9.17) is 4.67 Å². The van der Waals surface area contributed by atoms with E-state index in [-0.39, 0.29) is 0 Å². The molecule has 0 bridgehead atoms. The molecular weight excluding hydrogens is 344 g/mol. The molecule has 0 aliphatic heterocycles. The number of hydrogen-bond acceptors (Lipinski definition) is 0. The normalized spacial score (nSPS) is 9.93. The lowest BCUT2D eigenvalue weighted by Gasteiger charge is -2.15. The average molecular weight is 372 g/mol. The Bertz CT molecular complexity index is 911. The molecule has 0 heterocycles. The topological polar surface area (TPSA) is 41.4 Å². The molecule has 0 amide bonds. The molecule has 2 N–H and O–H groups in total. The number of nitrogens with one attached hydrogen (secondary N) is 2. The van der Waals surface area contributed by atoms with Crippen molar-refractivity contribution in [3.63, 3.8) is 0 Å². The summed E-state index contributed by atoms with van der Waals surface area (Å²) in [5, 5.41) is 6.96. The average Bonchev–Trinajstić information content (AvgIpc) is 2.76. The summed E-state index contributed by atoms with van der Waals surface area (Å²) >= 11 is 0. The van der Waals surface area contributed by atoms with Gasteiger partial charge >= 0.3 is 5.96 Å². The van der Waals surface area contributed by atoms with Crippen LogP contribution < -0.4 is 15.3 Å². The van der Waals surface area contributed by atoms with E-state index in [1.807, 2.05) is 78.9 Å². The van der Waals surface area contributed by atoms with Gasteiger partial charge in [-0.25, -0.2) is 4.67 Å². The molecule has 0 radical (unpaired) electrons. The monoisotopic (exact) mass is 371 g/mol. The van der Waals surface area contributed by atoms with Gasteiger partial charge in [0.05, 0.1) is 30.0 Å². The second-order valence-electron chi connectivity index (χ2n) is 6.30. The fraction of sp³-hybridized carbons (Fsp3) is 0.167. The van der Waals surface area contributed by atoms with Crippen molar-refractivity contribution in [1.82, 2.24) is 9.57 Å². The lowest BCUT2D eigenvalue weighted by atomic mass is 10.2. The third-order valence-electron chi connectivity index (χ3n) is 4.39. The van der Waals surface area contributed by atoms with Gasteiger partial charge in [-0.3, -0.25) is 15.5 Å². The summed E-state index contributed by atoms with van der Waals surface area (Å²) in [7, 11) is 0. The van der Waals surface area contributed by atoms with Crippen LogP contribution in [0.15, 0.2) is 91.0 Å². The molecular formula is C24H27N4+. The molecule has 3 rings (SSSR count). The standard InChI is InChI=1S/C24H26N4/c1-3-28(4-2)24(26-22-18-12-7-13-19-22)27-23(20-14-8-5-9-15-20)25-21-16-10-6-11-17-21/h5-19H,3-4H2,1-2H3,(H,25,26,27)/p+1. The Kier molecular flexibility index (Phi) is 6.89. The van der Waals surface area contributed by atoms with Crippen molar-refractivity contribution in [2.45, 2.75) is 13.8 Å². The third-order valence-corrected chi connectivity index (χ3v) is 4.39. The molecule has 3 aromatic carbocycles. The van der Waals surface area contributed by atoms with Crippen LogP contribution >= 0.6 is 0 Å². The van der Waals surface area contributed by atoms with Crippen molar-refractivity contribution in [2.24, 2.45) is 0 Å². The molecule has 0 aliphatic carbocycles. The molecule has 0 saturated heterocycles. The van der Waals surface area contributed by atoms with Crippen LogP contribution in [0.2, 0.25) is 0 Å². The van der Waals surface area contributed by atoms with Crippen LogP contribution in [0.1, 0.15) is 19.4 Å². The fourth-order valence-electron chi connectivity index (χ4n) is 2.88. The molecule has 4 heteroatoms. The van der Waals surface area contributed by atoms with E-state index in [2.05, 4.69) is 41.5 Å². The van der Waals surface area contributed by atoms with Gasteiger partial charge in [-0.05, 0) is 50.2 Å². The van der Waals surface area contributed by atoms with Gasteiger partial charge < -0.3 is 0 Å². The predicted molar refractivity (Wildman–Crippen MR) is 121 cm³/mol. The highest BCUT2D eigenvalue weighted by molar-refractivity contribution is 6.10. The van der Waals surface area contributed by atoms with Gasteiger partial charge in [-0.2, -0.15) is 0 Å². The van der Waals surface area contributed by atoms with Gasteiger partial charge in [0.1, 0.15) is 0 Å². The highest BCUT2D eigenvalue weighted by atomic mass is 15.3. The van der Waals surface area contributed by atoms with Crippen molar-refractivity contribution in [3.8, 4) is 0 Å². The van der Waals surface area contributed by atoms with Crippen molar-refractivity contribution in [2.75, 3.05) is 23.7 Å². The van der Waals surface area contributed by atoms with Gasteiger partial charge in [0.2, 0.25) is 0 Å². The first-order valence-electron chi connectivity index (χ1n) is 9.70. The first-order chi connectivity index (χ1) is 13.8. The minimum absolute atomic E-state index is 0.803. The Labute approximate surface area is 167 Å². The maximum Gasteiger partial charge on any atom is 0.402 e. The Morgan fingerprint density at radius 3 is 1.64 bits per heavy atom. The van der Waals surface area contributed by atoms with E-state index < -0.39 is 0 Å². The van der Waals surface area contributed by atoms with Crippen LogP contribution in [0, 0.1) is 0 Å². The summed E-state index contributed by atoms with van der Waals surface area (Å²) in [6, 6.07) is 30.5. The van der Waals surface area contributed by atoms with E-state index in [1.54, 1.807) is 0 Å². The SMILES string of the molecule is CCN(CC)C(=[N+]=C(Nc1ccccc1)c1ccccc1)Nc1ccccc1. The van der Waals surface area contributed by atoms with Gasteiger partial charge in [0.15, 0.2) is 0 Å². The Balaban J connectivity index is 2.10. The number of anilines is 2. The number of benzene rings is 3. The number of guanidine groups is 1. The zero-order chi connectivity index (χ0) is 19.6. The third kappa shape index (κ3) is 5.26. The predicted octanol–water partition coefficient (Wildman–Crippen LogP) is 4.42. The quantitative estimate of drug-likeness (QED) is 0.396. The van der Waals surface area contributed by atoms with Gasteiger partial charge in [0, 0.05) is 0 Å². The summed E-state index contributed by atoms with van der Waals surface area (Å²) in [5.74, 6) is 1.62. The Hall–Kier alpha value is -3.49. The molecule has 0 spiro atoms. The second-order valence-corrected chi connectivity index (χ2v) is 6.30. The van der Waals surface area contributed by atoms with E-state index in [0.717, 1.165) is 41.8 Å². The molecule has 0 aliphatic rings. The lowest BCUT2D eigenvalue weighted by molar-refractivity contribution is 0.464. The van der Waals surface area contributed by atoms with Crippen LogP contribution in [0.4, 0.5) is 11.4 Å². The lowest BCUT2D eigenvalue weighted by Crippen LogP contribution is -2.39. The van der Waals surface area contributed by atoms with Crippen molar-refractivity contribution in [3.05, 3.63) is 96.6 Å². The molecule has 28 heavy (non-hydrogen) atoms. The molecule has 0 unspecified atom stereocenters. The number of hydrogen-bond donors (Lipinski definition) is 2. The zero-order valence-corrected chi connectivity index (χ0v) is 16.5. The number of amidine groups is 1. The van der Waals surface area contributed by atoms with Crippen molar-refractivity contribution < 1.29 is 0 Å². The minimum Gasteiger partial charge on any atom is -0.277 e. The fourth-order valence-corrected chi connectivity index (χ4v) is 2.88. The van der Waals surface area contributed by atoms with Crippen LogP contribution in [-0.2, 0) is 0 Å². The molecule has 0 atom stereocenters. The summed E-state index contributed by atoms with van der Waals surface area (Å²) in [5.41, 5.74) is 3.05. The largest absolute Gasteiger partial charge is 0.402 e. The molecule has 142 valence electrons. The van der Waals surface area contributed by atoms with E-state index >= 15 is 0 Å². The molecule has 0 fully saturated rings. The van der Waals surface area contributed by atoms with Crippen LogP contribution in [0.5, 0.6) is 0 Å². The Morgan fingerprint density at radius 1 is 0.679 bits per heavy atom. The van der Waals surface area contributed by atoms with E-state index in [1.165, 1.54) is 0 Å². The summed E-state index contributed by atoms with van der Waals surface area (Å²) < 4.78 is 5.02. The van der Waals surface area contributed by atoms with Crippen molar-refractivity contribution >= 4 is 23.2 Å². The van der Waals surface area contributed by atoms with Crippen LogP contribution in [0.25, 0.3) is 0 Å². The smallest absolute Gasteiger partial charge is 0.277 e. The first kappa shape index (κ1) is 19.3. The summed E-state index contributed by atoms with van der Waals surface area (Å²) in [6.07, 6.45) is 0. The van der Waals surface area contributed by atoms with Crippen LogP contribution in [-0.4, -0.2) is 29.8 Å². The molecule has 0 aromatic heterocycles. The van der Waals surface area contributed by atoms with Gasteiger partial charge in [-0.1, -0.05) is 54.6 Å². The molecule has 4 nitrogen and oxygen atoms in total. The van der Waals surface area contributed by atoms with E-state index in [0.29, 0.717) is 0 Å². The number of para-hydroxylation sites is 2. The molecule has 3 aromatic rings. The maximum atomic E-state index is 5.02. The number of nitrogens with zero attached hydrogens (tertiary/aromatic N) is 2. The second kappa shape index (κ2) is 10.0. The summed E-state index contributed by atoms with van der Waals surface area (Å²) in [4.78, 5) is 2.21. The van der Waals surface area contributed by atoms with Gasteiger partial charge in [-0.15, -0.1) is 0 Å². The number of rotatable bonds is 5. The first-order valence-corrected chi connectivity index (χ1v) is 9.70. The maximum absolute atomic E-state index is 5.02. The van der Waals surface area contributed by atoms with Crippen LogP contribution in [0.3, 0.4) is 0 Å². The summed E-state index contributed by atoms with van der Waals surface area (Å²) in [6.45, 7) is 6.00. The van der Waals surface area contributed by atoms with E-state index in [9.17, 15) is 0 Å². The highest BCUT2D eigenvalue weighted by Crippen LogP contribution is 2.09. The zero-order valence-electron chi connectivity index (χ0n) is 16.5. The van der Waals surface area contributed by atoms with Crippen molar-refractivity contribution in [1.29, 1.82) is 0 Å². The van der Waals surface area contributed by atoms with Gasteiger partial charge in [0.25, 0.3) is 5.84 Å². The molecule has 0 saturated carbocycles. The Morgan fingerprint density at radius 2 is 1.14 bits per heavy atom. The minimum atomic E-state index is 0.803.